The maximum Gasteiger partial charge on any atom is 0.323 e. The van der Waals surface area contributed by atoms with Crippen molar-refractivity contribution in [3.8, 4) is 0 Å². The van der Waals surface area contributed by atoms with E-state index in [0.717, 1.165) is 0 Å². The Morgan fingerprint density at radius 1 is 1.33 bits per heavy atom. The summed E-state index contributed by atoms with van der Waals surface area (Å²) in [5.41, 5.74) is 5.01. The number of primary amides is 1. The number of hydrogen-bond donors (Lipinski definition) is 3. The van der Waals surface area contributed by atoms with Crippen LogP contribution >= 0.6 is 0 Å². The van der Waals surface area contributed by atoms with E-state index in [1.54, 1.807) is 13.8 Å². The van der Waals surface area contributed by atoms with Gasteiger partial charge in [0.2, 0.25) is 5.91 Å². The van der Waals surface area contributed by atoms with Crippen molar-refractivity contribution < 1.29 is 19.5 Å². The van der Waals surface area contributed by atoms with Gasteiger partial charge in [0.25, 0.3) is 0 Å². The van der Waals surface area contributed by atoms with Gasteiger partial charge in [-0.3, -0.25) is 9.59 Å². The predicted molar refractivity (Wildman–Crippen MR) is 65.9 cm³/mol. The van der Waals surface area contributed by atoms with E-state index in [-0.39, 0.29) is 12.5 Å². The number of aliphatic carboxylic acids is 1. The first kappa shape index (κ1) is 16.2. The lowest BCUT2D eigenvalue weighted by Gasteiger charge is -2.28. The summed E-state index contributed by atoms with van der Waals surface area (Å²) < 4.78 is 0. The molecule has 0 heterocycles. The van der Waals surface area contributed by atoms with Crippen molar-refractivity contribution in [3.63, 3.8) is 0 Å². The fraction of sp³-hybridized carbons (Fsp3) is 0.727. The number of nitrogens with one attached hydrogen (secondary N) is 1. The average Bonchev–Trinajstić information content (AvgIpc) is 2.23. The summed E-state index contributed by atoms with van der Waals surface area (Å²) in [5.74, 6) is -1.68. The number of carboxylic acid groups (broad SMARTS) is 1. The lowest BCUT2D eigenvalue weighted by Crippen LogP contribution is -2.53. The molecule has 0 bridgehead atoms. The molecular formula is C11H21N3O4. The van der Waals surface area contributed by atoms with Gasteiger partial charge in [-0.15, -0.1) is 0 Å². The highest BCUT2D eigenvalue weighted by Crippen LogP contribution is 2.07. The summed E-state index contributed by atoms with van der Waals surface area (Å²) in [5, 5.41) is 11.1. The second-order valence-electron chi connectivity index (χ2n) is 4.38. The number of carbonyl (C=O) groups excluding carboxylic acids is 2. The Morgan fingerprint density at radius 2 is 1.89 bits per heavy atom. The molecule has 0 saturated heterocycles. The summed E-state index contributed by atoms with van der Waals surface area (Å²) in [6.45, 7) is 5.30. The van der Waals surface area contributed by atoms with Gasteiger partial charge >= 0.3 is 12.0 Å². The fourth-order valence-corrected chi connectivity index (χ4v) is 1.56. The van der Waals surface area contributed by atoms with Crippen LogP contribution in [0.15, 0.2) is 0 Å². The van der Waals surface area contributed by atoms with Gasteiger partial charge in [-0.2, -0.15) is 0 Å². The molecule has 0 radical (unpaired) electrons. The van der Waals surface area contributed by atoms with Gasteiger partial charge in [0.1, 0.15) is 12.6 Å². The summed E-state index contributed by atoms with van der Waals surface area (Å²) >= 11 is 0. The van der Waals surface area contributed by atoms with Gasteiger partial charge in [-0.25, -0.2) is 4.79 Å². The van der Waals surface area contributed by atoms with E-state index in [1.807, 2.05) is 6.92 Å². The maximum absolute atomic E-state index is 12.1. The first-order valence-corrected chi connectivity index (χ1v) is 5.86. The van der Waals surface area contributed by atoms with Crippen molar-refractivity contribution in [2.24, 2.45) is 11.7 Å². The minimum absolute atomic E-state index is 0.168. The van der Waals surface area contributed by atoms with Gasteiger partial charge in [0.15, 0.2) is 0 Å². The van der Waals surface area contributed by atoms with Crippen LogP contribution in [0.5, 0.6) is 0 Å². The Hall–Kier alpha value is -1.79. The molecular weight excluding hydrogens is 238 g/mol. The Balaban J connectivity index is 4.87. The Labute approximate surface area is 106 Å². The maximum atomic E-state index is 12.1. The van der Waals surface area contributed by atoms with E-state index in [9.17, 15) is 14.4 Å². The van der Waals surface area contributed by atoms with Crippen LogP contribution in [0.4, 0.5) is 4.79 Å². The molecule has 0 aliphatic carbocycles. The summed E-state index contributed by atoms with van der Waals surface area (Å²) in [6.07, 6.45) is 0.639. The molecule has 0 aromatic rings. The average molecular weight is 259 g/mol. The quantitative estimate of drug-likeness (QED) is 0.597. The molecule has 0 saturated carbocycles. The monoisotopic (exact) mass is 259 g/mol. The van der Waals surface area contributed by atoms with E-state index >= 15 is 0 Å². The van der Waals surface area contributed by atoms with Gasteiger partial charge in [0, 0.05) is 6.54 Å². The largest absolute Gasteiger partial charge is 0.480 e. The summed E-state index contributed by atoms with van der Waals surface area (Å²) in [4.78, 5) is 34.9. The molecule has 1 unspecified atom stereocenters. The molecule has 7 nitrogen and oxygen atoms in total. The van der Waals surface area contributed by atoms with Crippen molar-refractivity contribution in [1.29, 1.82) is 0 Å². The smallest absolute Gasteiger partial charge is 0.323 e. The SMILES string of the molecule is CCCN(CC(=O)O)C(=O)C(NC(N)=O)C(C)C. The molecule has 4 N–H and O–H groups in total. The molecule has 0 aliphatic heterocycles. The molecule has 7 heteroatoms. The third kappa shape index (κ3) is 5.51. The number of hydrogen-bond acceptors (Lipinski definition) is 3. The molecule has 0 spiro atoms. The van der Waals surface area contributed by atoms with E-state index in [0.29, 0.717) is 13.0 Å². The summed E-state index contributed by atoms with van der Waals surface area (Å²) in [7, 11) is 0. The van der Waals surface area contributed by atoms with Crippen molar-refractivity contribution in [1.82, 2.24) is 10.2 Å². The molecule has 0 rings (SSSR count). The van der Waals surface area contributed by atoms with Crippen LogP contribution in [-0.2, 0) is 9.59 Å². The molecule has 0 aliphatic rings. The molecule has 0 fully saturated rings. The van der Waals surface area contributed by atoms with E-state index in [2.05, 4.69) is 5.32 Å². The van der Waals surface area contributed by atoms with Crippen LogP contribution in [0.1, 0.15) is 27.2 Å². The minimum Gasteiger partial charge on any atom is -0.480 e. The van der Waals surface area contributed by atoms with E-state index in [4.69, 9.17) is 10.8 Å². The van der Waals surface area contributed by atoms with Crippen LogP contribution in [0.2, 0.25) is 0 Å². The number of amides is 3. The molecule has 0 aromatic carbocycles. The number of urea groups is 1. The van der Waals surface area contributed by atoms with Gasteiger partial charge in [0.05, 0.1) is 0 Å². The van der Waals surface area contributed by atoms with E-state index in [1.165, 1.54) is 4.90 Å². The second kappa shape index (κ2) is 7.52. The highest BCUT2D eigenvalue weighted by Gasteiger charge is 2.28. The topological polar surface area (TPSA) is 113 Å². The van der Waals surface area contributed by atoms with Crippen LogP contribution in [0, 0.1) is 5.92 Å². The third-order valence-electron chi connectivity index (χ3n) is 2.36. The highest BCUT2D eigenvalue weighted by molar-refractivity contribution is 5.88. The van der Waals surface area contributed by atoms with Crippen molar-refractivity contribution in [2.75, 3.05) is 13.1 Å². The highest BCUT2D eigenvalue weighted by atomic mass is 16.4. The summed E-state index contributed by atoms with van der Waals surface area (Å²) in [6, 6.07) is -1.60. The Morgan fingerprint density at radius 3 is 2.22 bits per heavy atom. The van der Waals surface area contributed by atoms with Crippen molar-refractivity contribution in [3.05, 3.63) is 0 Å². The van der Waals surface area contributed by atoms with Crippen LogP contribution < -0.4 is 11.1 Å². The number of carbonyl (C=O) groups is 3. The van der Waals surface area contributed by atoms with Crippen molar-refractivity contribution >= 4 is 17.9 Å². The van der Waals surface area contributed by atoms with Gasteiger partial charge in [-0.05, 0) is 12.3 Å². The van der Waals surface area contributed by atoms with Crippen LogP contribution in [-0.4, -0.2) is 47.0 Å². The Kier molecular flexibility index (Phi) is 6.77. The van der Waals surface area contributed by atoms with Gasteiger partial charge < -0.3 is 21.1 Å². The predicted octanol–water partition coefficient (Wildman–Crippen LogP) is 0.00250. The molecule has 1 atom stereocenters. The minimum atomic E-state index is -1.08. The first-order valence-electron chi connectivity index (χ1n) is 5.86. The number of carboxylic acids is 1. The van der Waals surface area contributed by atoms with Gasteiger partial charge in [-0.1, -0.05) is 20.8 Å². The van der Waals surface area contributed by atoms with E-state index < -0.39 is 23.9 Å². The zero-order valence-corrected chi connectivity index (χ0v) is 11.0. The molecule has 0 aromatic heterocycles. The van der Waals surface area contributed by atoms with Crippen LogP contribution in [0.25, 0.3) is 0 Å². The zero-order valence-electron chi connectivity index (χ0n) is 11.0. The number of rotatable bonds is 7. The van der Waals surface area contributed by atoms with Crippen LogP contribution in [0.3, 0.4) is 0 Å². The fourth-order valence-electron chi connectivity index (χ4n) is 1.56. The number of nitrogens with two attached hydrogens (primary N) is 1. The lowest BCUT2D eigenvalue weighted by molar-refractivity contribution is -0.145. The second-order valence-corrected chi connectivity index (χ2v) is 4.38. The molecule has 104 valence electrons. The zero-order chi connectivity index (χ0) is 14.3. The molecule has 18 heavy (non-hydrogen) atoms. The van der Waals surface area contributed by atoms with Crippen molar-refractivity contribution in [2.45, 2.75) is 33.2 Å². The lowest BCUT2D eigenvalue weighted by atomic mass is 10.0. The first-order chi connectivity index (χ1) is 8.29. The molecule has 3 amide bonds. The third-order valence-corrected chi connectivity index (χ3v) is 2.36. The Bertz CT molecular complexity index is 317. The number of nitrogens with zero attached hydrogens (tertiary/aromatic N) is 1. The standard InChI is InChI=1S/C11H21N3O4/c1-4-5-14(6-8(15)16)10(17)9(7(2)3)13-11(12)18/h7,9H,4-6H2,1-3H3,(H,15,16)(H3,12,13,18). The normalized spacial score (nSPS) is 12.0.